The molecule has 7 heteroatoms. The highest BCUT2D eigenvalue weighted by Gasteiger charge is 2.28. The number of anilines is 1. The molecule has 1 aromatic carbocycles. The number of piperazine rings is 1. The third kappa shape index (κ3) is 3.25. The Morgan fingerprint density at radius 2 is 1.64 bits per heavy atom. The van der Waals surface area contributed by atoms with Gasteiger partial charge in [-0.15, -0.1) is 0 Å². The molecule has 28 heavy (non-hydrogen) atoms. The average Bonchev–Trinajstić information content (AvgIpc) is 3.13. The Hall–Kier alpha value is -3.19. The number of hydrogen-bond acceptors (Lipinski definition) is 4. The van der Waals surface area contributed by atoms with Crippen molar-refractivity contribution in [2.75, 3.05) is 45.2 Å². The third-order valence-corrected chi connectivity index (χ3v) is 5.18. The van der Waals surface area contributed by atoms with E-state index in [-0.39, 0.29) is 17.6 Å². The minimum absolute atomic E-state index is 0.127. The first-order valence-electron chi connectivity index (χ1n) is 9.34. The van der Waals surface area contributed by atoms with Crippen LogP contribution in [-0.4, -0.2) is 71.3 Å². The van der Waals surface area contributed by atoms with Crippen molar-refractivity contribution in [2.24, 2.45) is 0 Å². The van der Waals surface area contributed by atoms with Gasteiger partial charge in [0.1, 0.15) is 0 Å². The number of carbonyl (C=O) groups excluding carboxylic acids is 2. The summed E-state index contributed by atoms with van der Waals surface area (Å²) in [4.78, 5) is 36.3. The second kappa shape index (κ2) is 7.44. The van der Waals surface area contributed by atoms with Gasteiger partial charge in [-0.05, 0) is 31.3 Å². The molecule has 3 heterocycles. The van der Waals surface area contributed by atoms with Gasteiger partial charge in [0.25, 0.3) is 11.8 Å². The molecule has 2 aromatic heterocycles. The molecule has 1 aliphatic heterocycles. The zero-order valence-corrected chi connectivity index (χ0v) is 16.1. The van der Waals surface area contributed by atoms with E-state index in [1.165, 1.54) is 0 Å². The van der Waals surface area contributed by atoms with Gasteiger partial charge in [0, 0.05) is 45.1 Å². The highest BCUT2D eigenvalue weighted by Crippen LogP contribution is 2.20. The highest BCUT2D eigenvalue weighted by molar-refractivity contribution is 6.07. The smallest absolute Gasteiger partial charge is 0.294 e. The van der Waals surface area contributed by atoms with Crippen molar-refractivity contribution in [3.63, 3.8) is 0 Å². The summed E-state index contributed by atoms with van der Waals surface area (Å²) in [7, 11) is 3.76. The van der Waals surface area contributed by atoms with Gasteiger partial charge in [-0.25, -0.2) is 4.98 Å². The number of hydrogen-bond donors (Lipinski definition) is 0. The highest BCUT2D eigenvalue weighted by atomic mass is 16.2. The van der Waals surface area contributed by atoms with E-state index in [2.05, 4.69) is 9.88 Å². The van der Waals surface area contributed by atoms with Crippen LogP contribution in [0.1, 0.15) is 21.1 Å². The Bertz CT molecular complexity index is 1010. The summed E-state index contributed by atoms with van der Waals surface area (Å²) < 4.78 is 1.70. The Labute approximate surface area is 163 Å². The van der Waals surface area contributed by atoms with Gasteiger partial charge in [-0.1, -0.05) is 24.3 Å². The summed E-state index contributed by atoms with van der Waals surface area (Å²) >= 11 is 0. The fraction of sp³-hybridized carbons (Fsp3) is 0.286. The van der Waals surface area contributed by atoms with Crippen molar-refractivity contribution in [3.8, 4) is 0 Å². The van der Waals surface area contributed by atoms with E-state index in [1.54, 1.807) is 22.5 Å². The van der Waals surface area contributed by atoms with E-state index in [4.69, 9.17) is 0 Å². The number of pyridine rings is 1. The van der Waals surface area contributed by atoms with Crippen LogP contribution in [0.15, 0.2) is 54.7 Å². The molecule has 3 aromatic rings. The van der Waals surface area contributed by atoms with Gasteiger partial charge in [-0.3, -0.25) is 14.0 Å². The third-order valence-electron chi connectivity index (χ3n) is 5.18. The zero-order chi connectivity index (χ0) is 19.7. The maximum atomic E-state index is 13.1. The number of benzene rings is 1. The van der Waals surface area contributed by atoms with E-state index in [1.807, 2.05) is 60.5 Å². The molecule has 144 valence electrons. The van der Waals surface area contributed by atoms with Gasteiger partial charge in [-0.2, -0.15) is 0 Å². The molecule has 2 amide bonds. The number of carbonyl (C=O) groups is 2. The minimum Gasteiger partial charge on any atom is -0.335 e. The number of imidazole rings is 1. The molecular formula is C21H23N5O2. The molecule has 0 saturated carbocycles. The molecule has 0 N–H and O–H groups in total. The van der Waals surface area contributed by atoms with Crippen LogP contribution in [0, 0.1) is 0 Å². The van der Waals surface area contributed by atoms with Crippen molar-refractivity contribution >= 4 is 23.0 Å². The maximum absolute atomic E-state index is 13.1. The Kier molecular flexibility index (Phi) is 4.83. The molecule has 7 nitrogen and oxygen atoms in total. The molecule has 1 fully saturated rings. The fourth-order valence-electron chi connectivity index (χ4n) is 3.42. The molecule has 0 spiro atoms. The lowest BCUT2D eigenvalue weighted by atomic mass is 10.2. The zero-order valence-electron chi connectivity index (χ0n) is 16.1. The van der Waals surface area contributed by atoms with Crippen LogP contribution in [0.2, 0.25) is 0 Å². The number of amides is 2. The monoisotopic (exact) mass is 377 g/mol. The number of rotatable bonds is 3. The van der Waals surface area contributed by atoms with Crippen LogP contribution < -0.4 is 4.90 Å². The molecule has 1 saturated heterocycles. The number of fused-ring (bicyclic) bond motifs is 1. The van der Waals surface area contributed by atoms with Crippen LogP contribution in [0.25, 0.3) is 5.52 Å². The lowest BCUT2D eigenvalue weighted by Crippen LogP contribution is -2.47. The summed E-state index contributed by atoms with van der Waals surface area (Å²) in [5, 5.41) is 0. The summed E-state index contributed by atoms with van der Waals surface area (Å²) in [5.41, 5.74) is 1.75. The Morgan fingerprint density at radius 1 is 0.964 bits per heavy atom. The predicted molar refractivity (Wildman–Crippen MR) is 108 cm³/mol. The first kappa shape index (κ1) is 18.2. The Balaban J connectivity index is 1.70. The summed E-state index contributed by atoms with van der Waals surface area (Å²) in [6, 6.07) is 14.9. The normalized spacial score (nSPS) is 15.0. The van der Waals surface area contributed by atoms with Crippen LogP contribution in [-0.2, 0) is 0 Å². The molecule has 4 rings (SSSR count). The molecule has 0 unspecified atom stereocenters. The number of aromatic nitrogens is 2. The average molecular weight is 377 g/mol. The molecule has 0 aliphatic carbocycles. The predicted octanol–water partition coefficient (Wildman–Crippen LogP) is 2.00. The van der Waals surface area contributed by atoms with E-state index in [0.29, 0.717) is 24.3 Å². The topological polar surface area (TPSA) is 61.2 Å². The van der Waals surface area contributed by atoms with Gasteiger partial charge in [0.15, 0.2) is 5.69 Å². The van der Waals surface area contributed by atoms with Crippen molar-refractivity contribution in [1.82, 2.24) is 19.2 Å². The van der Waals surface area contributed by atoms with E-state index in [9.17, 15) is 9.59 Å². The van der Waals surface area contributed by atoms with E-state index in [0.717, 1.165) is 18.8 Å². The van der Waals surface area contributed by atoms with Gasteiger partial charge < -0.3 is 14.7 Å². The number of para-hydroxylation sites is 1. The number of likely N-dealkylation sites (N-methyl/N-ethyl adjacent to an activating group) is 1. The van der Waals surface area contributed by atoms with E-state index < -0.39 is 0 Å². The molecule has 0 bridgehead atoms. The van der Waals surface area contributed by atoms with Crippen molar-refractivity contribution in [2.45, 2.75) is 0 Å². The van der Waals surface area contributed by atoms with Crippen LogP contribution in [0.4, 0.5) is 5.69 Å². The maximum Gasteiger partial charge on any atom is 0.294 e. The van der Waals surface area contributed by atoms with Gasteiger partial charge in [0.2, 0.25) is 5.82 Å². The summed E-state index contributed by atoms with van der Waals surface area (Å²) in [6.07, 6.45) is 1.77. The number of nitrogens with zero attached hydrogens (tertiary/aromatic N) is 5. The molecule has 1 aliphatic rings. The molecule has 0 radical (unpaired) electrons. The minimum atomic E-state index is -0.259. The SMILES string of the molecule is CN1CCN(C(=O)c2nc(C(=O)N(C)c3ccccc3)n3ccccc23)CC1. The fourth-order valence-corrected chi connectivity index (χ4v) is 3.42. The molecular weight excluding hydrogens is 354 g/mol. The largest absolute Gasteiger partial charge is 0.335 e. The first-order valence-corrected chi connectivity index (χ1v) is 9.34. The quantitative estimate of drug-likeness (QED) is 0.700. The summed E-state index contributed by atoms with van der Waals surface area (Å²) in [6.45, 7) is 2.99. The summed E-state index contributed by atoms with van der Waals surface area (Å²) in [5.74, 6) is -0.150. The van der Waals surface area contributed by atoms with Gasteiger partial charge in [0.05, 0.1) is 5.52 Å². The van der Waals surface area contributed by atoms with Crippen molar-refractivity contribution < 1.29 is 9.59 Å². The van der Waals surface area contributed by atoms with Crippen LogP contribution in [0.3, 0.4) is 0 Å². The van der Waals surface area contributed by atoms with Crippen molar-refractivity contribution in [1.29, 1.82) is 0 Å². The lowest BCUT2D eigenvalue weighted by Gasteiger charge is -2.32. The second-order valence-electron chi connectivity index (χ2n) is 7.04. The Morgan fingerprint density at radius 3 is 2.36 bits per heavy atom. The molecule has 0 atom stereocenters. The first-order chi connectivity index (χ1) is 13.6. The van der Waals surface area contributed by atoms with Crippen LogP contribution in [0.5, 0.6) is 0 Å². The van der Waals surface area contributed by atoms with E-state index >= 15 is 0 Å². The lowest BCUT2D eigenvalue weighted by molar-refractivity contribution is 0.0661. The van der Waals surface area contributed by atoms with Gasteiger partial charge >= 0.3 is 0 Å². The van der Waals surface area contributed by atoms with Crippen LogP contribution >= 0.6 is 0 Å². The standard InChI is InChI=1S/C21H23N5O2/c1-23-12-14-25(15-13-23)20(27)18-17-10-6-7-11-26(17)19(22-18)21(28)24(2)16-8-4-3-5-9-16/h3-11H,12-15H2,1-2H3. The van der Waals surface area contributed by atoms with Crippen molar-refractivity contribution in [3.05, 3.63) is 66.2 Å². The second-order valence-corrected chi connectivity index (χ2v) is 7.04.